The normalized spacial score (nSPS) is 11.9. The van der Waals surface area contributed by atoms with Gasteiger partial charge in [-0.25, -0.2) is 4.98 Å². The van der Waals surface area contributed by atoms with E-state index in [9.17, 15) is 18.0 Å². The lowest BCUT2D eigenvalue weighted by Gasteiger charge is -2.16. The number of pyridine rings is 1. The summed E-state index contributed by atoms with van der Waals surface area (Å²) in [6.45, 7) is 4.06. The molecular weight excluding hydrogens is 533 g/mol. The minimum Gasteiger partial charge on any atom is -0.497 e. The second-order valence-corrected chi connectivity index (χ2v) is 8.95. The Kier molecular flexibility index (Phi) is 9.42. The fraction of sp³-hybridized carbons (Fsp3) is 0.222. The molecule has 1 heterocycles. The smallest absolute Gasteiger partial charge is 0.416 e. The molecular formula is C27H28ClF3N6O2. The van der Waals surface area contributed by atoms with Crippen LogP contribution in [0.2, 0.25) is 5.02 Å². The molecule has 0 aliphatic carbocycles. The van der Waals surface area contributed by atoms with Crippen molar-refractivity contribution < 1.29 is 22.7 Å². The van der Waals surface area contributed by atoms with Crippen molar-refractivity contribution in [1.82, 2.24) is 10.3 Å². The van der Waals surface area contributed by atoms with E-state index in [0.29, 0.717) is 12.2 Å². The van der Waals surface area contributed by atoms with Crippen LogP contribution >= 0.6 is 11.6 Å². The lowest BCUT2D eigenvalue weighted by Crippen LogP contribution is -2.22. The Balaban J connectivity index is 1.70. The highest BCUT2D eigenvalue weighted by Gasteiger charge is 2.30. The van der Waals surface area contributed by atoms with Crippen LogP contribution in [0.1, 0.15) is 40.9 Å². The lowest BCUT2D eigenvalue weighted by molar-refractivity contribution is -0.137. The summed E-state index contributed by atoms with van der Waals surface area (Å²) in [4.78, 5) is 17.0. The average molecular weight is 561 g/mol. The molecule has 0 fully saturated rings. The second-order valence-electron chi connectivity index (χ2n) is 8.57. The zero-order valence-electron chi connectivity index (χ0n) is 21.5. The van der Waals surface area contributed by atoms with Crippen molar-refractivity contribution in [1.29, 1.82) is 5.41 Å². The number of allylic oxidation sites excluding steroid dienone is 1. The van der Waals surface area contributed by atoms with Gasteiger partial charge in [0.2, 0.25) is 0 Å². The van der Waals surface area contributed by atoms with Crippen LogP contribution in [-0.2, 0) is 12.7 Å². The largest absolute Gasteiger partial charge is 0.497 e. The molecule has 0 saturated carbocycles. The molecule has 0 aliphatic rings. The number of carbonyl (C=O) groups is 1. The van der Waals surface area contributed by atoms with Crippen LogP contribution < -0.4 is 26.4 Å². The van der Waals surface area contributed by atoms with Gasteiger partial charge >= 0.3 is 6.18 Å². The van der Waals surface area contributed by atoms with Gasteiger partial charge in [0.25, 0.3) is 5.91 Å². The van der Waals surface area contributed by atoms with Crippen LogP contribution in [-0.4, -0.2) is 30.3 Å². The van der Waals surface area contributed by atoms with E-state index in [0.717, 1.165) is 41.3 Å². The van der Waals surface area contributed by atoms with Gasteiger partial charge in [0.05, 0.1) is 35.4 Å². The summed E-state index contributed by atoms with van der Waals surface area (Å²) in [6.07, 6.45) is -3.26. The van der Waals surface area contributed by atoms with Crippen molar-refractivity contribution in [3.63, 3.8) is 0 Å². The highest BCUT2D eigenvalue weighted by Crippen LogP contribution is 2.31. The van der Waals surface area contributed by atoms with Crippen LogP contribution in [0.25, 0.3) is 0 Å². The number of alkyl halides is 3. The van der Waals surface area contributed by atoms with Crippen molar-refractivity contribution in [3.8, 4) is 5.75 Å². The van der Waals surface area contributed by atoms with Crippen LogP contribution in [0.15, 0.2) is 66.1 Å². The summed E-state index contributed by atoms with van der Waals surface area (Å²) < 4.78 is 43.5. The molecule has 0 aliphatic heterocycles. The molecule has 1 amide bonds. The van der Waals surface area contributed by atoms with Gasteiger partial charge in [0.15, 0.2) is 0 Å². The molecule has 0 atom stereocenters. The zero-order chi connectivity index (χ0) is 28.7. The molecule has 0 saturated heterocycles. The van der Waals surface area contributed by atoms with Crippen molar-refractivity contribution in [2.75, 3.05) is 24.3 Å². The molecule has 206 valence electrons. The third-order valence-electron chi connectivity index (χ3n) is 5.75. The van der Waals surface area contributed by atoms with Gasteiger partial charge in [-0.1, -0.05) is 23.7 Å². The summed E-state index contributed by atoms with van der Waals surface area (Å²) in [5, 5.41) is 16.9. The number of halogens is 4. The zero-order valence-corrected chi connectivity index (χ0v) is 22.2. The summed E-state index contributed by atoms with van der Waals surface area (Å²) in [7, 11) is 1.60. The Labute approximate surface area is 228 Å². The first-order valence-corrected chi connectivity index (χ1v) is 12.1. The first-order chi connectivity index (χ1) is 18.4. The number of methoxy groups -OCH3 is 1. The Morgan fingerprint density at radius 1 is 1.10 bits per heavy atom. The van der Waals surface area contributed by atoms with Gasteiger partial charge in [-0.15, -0.1) is 0 Å². The summed E-state index contributed by atoms with van der Waals surface area (Å²) in [5.74, 6) is 0.338. The molecule has 1 aromatic heterocycles. The quantitative estimate of drug-likeness (QED) is 0.200. The van der Waals surface area contributed by atoms with Gasteiger partial charge in [-0.2, -0.15) is 13.2 Å². The van der Waals surface area contributed by atoms with Crippen molar-refractivity contribution in [2.45, 2.75) is 26.6 Å². The number of aromatic nitrogens is 1. The standard InChI is InChI=1S/C27H28ClF3N6O2/c1-15(32)23-24(28)21(26(38)37-19-8-6-18(7-9-19)27(29,30)31)13-35-25(23)36-14-22(33)16(2)34-12-17-4-10-20(39-3)11-5-17/h4-11,13,32,34H,12,14,33H2,1-3H3,(H,35,36)(H,37,38)/b22-16-,32-15?. The number of rotatable bonds is 10. The Morgan fingerprint density at radius 2 is 1.74 bits per heavy atom. The number of hydrogen-bond acceptors (Lipinski definition) is 7. The van der Waals surface area contributed by atoms with Crippen molar-refractivity contribution in [3.05, 3.63) is 93.4 Å². The third kappa shape index (κ3) is 7.64. The summed E-state index contributed by atoms with van der Waals surface area (Å²) >= 11 is 6.48. The lowest BCUT2D eigenvalue weighted by atomic mass is 10.1. The van der Waals surface area contributed by atoms with Gasteiger partial charge in [0, 0.05) is 35.5 Å². The maximum atomic E-state index is 12.8. The minimum atomic E-state index is -4.49. The van der Waals surface area contributed by atoms with Crippen LogP contribution in [0.4, 0.5) is 24.7 Å². The summed E-state index contributed by atoms with van der Waals surface area (Å²) in [6, 6.07) is 11.6. The van der Waals surface area contributed by atoms with Crippen LogP contribution in [0.3, 0.4) is 0 Å². The predicted octanol–water partition coefficient (Wildman–Crippen LogP) is 5.79. The molecule has 6 N–H and O–H groups in total. The maximum absolute atomic E-state index is 12.8. The fourth-order valence-corrected chi connectivity index (χ4v) is 3.83. The van der Waals surface area contributed by atoms with Gasteiger partial charge < -0.3 is 31.8 Å². The number of amides is 1. The number of ether oxygens (including phenoxy) is 1. The molecule has 12 heteroatoms. The van der Waals surface area contributed by atoms with Crippen LogP contribution in [0.5, 0.6) is 5.75 Å². The van der Waals surface area contributed by atoms with E-state index in [1.54, 1.807) is 7.11 Å². The highest BCUT2D eigenvalue weighted by atomic mass is 35.5. The van der Waals surface area contributed by atoms with E-state index >= 15 is 0 Å². The van der Waals surface area contributed by atoms with E-state index in [-0.39, 0.29) is 39.9 Å². The van der Waals surface area contributed by atoms with Gasteiger partial charge in [-0.3, -0.25) is 4.79 Å². The third-order valence-corrected chi connectivity index (χ3v) is 6.14. The predicted molar refractivity (Wildman–Crippen MR) is 146 cm³/mol. The van der Waals surface area contributed by atoms with E-state index in [1.165, 1.54) is 13.1 Å². The van der Waals surface area contributed by atoms with E-state index in [4.69, 9.17) is 27.5 Å². The Morgan fingerprint density at radius 3 is 2.31 bits per heavy atom. The maximum Gasteiger partial charge on any atom is 0.416 e. The first-order valence-electron chi connectivity index (χ1n) is 11.7. The molecule has 8 nitrogen and oxygen atoms in total. The van der Waals surface area contributed by atoms with Gasteiger partial charge in [0.1, 0.15) is 11.6 Å². The summed E-state index contributed by atoms with van der Waals surface area (Å²) in [5.41, 5.74) is 8.03. The first kappa shape index (κ1) is 29.3. The number of hydrogen-bond donors (Lipinski definition) is 5. The molecule has 39 heavy (non-hydrogen) atoms. The monoisotopic (exact) mass is 560 g/mol. The molecule has 0 unspecified atom stereocenters. The van der Waals surface area contributed by atoms with E-state index in [2.05, 4.69) is 20.9 Å². The number of anilines is 2. The number of benzene rings is 2. The fourth-order valence-electron chi connectivity index (χ4n) is 3.47. The number of carbonyl (C=O) groups excluding carboxylic acids is 1. The van der Waals surface area contributed by atoms with Crippen molar-refractivity contribution >= 4 is 34.7 Å². The van der Waals surface area contributed by atoms with Crippen molar-refractivity contribution in [2.24, 2.45) is 5.73 Å². The Bertz CT molecular complexity index is 1370. The molecule has 0 spiro atoms. The Hall–Kier alpha value is -4.25. The van der Waals surface area contributed by atoms with E-state index in [1.807, 2.05) is 31.2 Å². The van der Waals surface area contributed by atoms with Gasteiger partial charge in [-0.05, 0) is 55.8 Å². The number of nitrogens with two attached hydrogens (primary N) is 1. The number of nitrogens with one attached hydrogen (secondary N) is 4. The highest BCUT2D eigenvalue weighted by molar-refractivity contribution is 6.38. The molecule has 0 radical (unpaired) electrons. The second kappa shape index (κ2) is 12.5. The molecule has 0 bridgehead atoms. The molecule has 3 rings (SSSR count). The topological polar surface area (TPSA) is 125 Å². The molecule has 2 aromatic carbocycles. The number of nitrogens with zero attached hydrogens (tertiary/aromatic N) is 1. The average Bonchev–Trinajstić information content (AvgIpc) is 2.90. The minimum absolute atomic E-state index is 0.0266. The SMILES string of the molecule is COc1ccc(CN/C(C)=C(\N)CNc2ncc(C(=O)Nc3ccc(C(F)(F)F)cc3)c(Cl)c2C(C)=N)cc1. The van der Waals surface area contributed by atoms with E-state index < -0.39 is 17.6 Å². The molecule has 3 aromatic rings. The van der Waals surface area contributed by atoms with Crippen LogP contribution in [0, 0.1) is 5.41 Å².